The molecule has 0 bridgehead atoms. The fourth-order valence-corrected chi connectivity index (χ4v) is 1.02. The zero-order valence-electron chi connectivity index (χ0n) is 7.04. The molecule has 12 heavy (non-hydrogen) atoms. The number of nitrogens with one attached hydrogen (secondary N) is 1. The van der Waals surface area contributed by atoms with Gasteiger partial charge in [0, 0.05) is 7.05 Å². The molecule has 0 saturated carbocycles. The summed E-state index contributed by atoms with van der Waals surface area (Å²) >= 11 is 0. The molecule has 2 N–H and O–H groups in total. The Bertz CT molecular complexity index is 284. The van der Waals surface area contributed by atoms with Crippen molar-refractivity contribution in [2.75, 3.05) is 12.4 Å². The second kappa shape index (κ2) is 3.88. The van der Waals surface area contributed by atoms with Crippen LogP contribution in [-0.4, -0.2) is 18.9 Å². The highest BCUT2D eigenvalue weighted by molar-refractivity contribution is 5.68. The van der Waals surface area contributed by atoms with E-state index in [4.69, 9.17) is 5.11 Å². The quantitative estimate of drug-likeness (QED) is 0.666. The van der Waals surface area contributed by atoms with E-state index in [9.17, 15) is 0 Å². The van der Waals surface area contributed by atoms with E-state index < -0.39 is 0 Å². The molecule has 1 rings (SSSR count). The molecule has 1 aromatic rings. The minimum atomic E-state index is 0.0477. The lowest BCUT2D eigenvalue weighted by Crippen LogP contribution is -1.91. The second-order valence-electron chi connectivity index (χ2n) is 2.42. The Labute approximate surface area is 71.8 Å². The summed E-state index contributed by atoms with van der Waals surface area (Å²) in [5.74, 6) is 0. The molecule has 0 aromatic heterocycles. The molecule has 3 heteroatoms. The third-order valence-corrected chi connectivity index (χ3v) is 1.68. The normalized spacial score (nSPS) is 9.50. The first-order valence-corrected chi connectivity index (χ1v) is 3.70. The van der Waals surface area contributed by atoms with Crippen molar-refractivity contribution in [3.8, 4) is 0 Å². The molecule has 3 nitrogen and oxygen atoms in total. The van der Waals surface area contributed by atoms with Gasteiger partial charge in [0.25, 0.3) is 0 Å². The van der Waals surface area contributed by atoms with Crippen LogP contribution in [0.5, 0.6) is 0 Å². The number of nitrogens with zero attached hydrogens (tertiary/aromatic N) is 1. The molecular formula is C9H12N2O. The third kappa shape index (κ3) is 1.62. The van der Waals surface area contributed by atoms with Crippen molar-refractivity contribution in [1.82, 2.24) is 0 Å². The molecule has 0 saturated heterocycles. The molecule has 64 valence electrons. The molecule has 0 radical (unpaired) electrons. The lowest BCUT2D eigenvalue weighted by Gasteiger charge is -2.05. The second-order valence-corrected chi connectivity index (χ2v) is 2.42. The number of aliphatic hydroxyl groups is 1. The van der Waals surface area contributed by atoms with E-state index in [1.807, 2.05) is 25.2 Å². The van der Waals surface area contributed by atoms with Gasteiger partial charge in [0.1, 0.15) is 0 Å². The van der Waals surface area contributed by atoms with Crippen LogP contribution in [0.2, 0.25) is 0 Å². The van der Waals surface area contributed by atoms with Gasteiger partial charge in [-0.2, -0.15) is 0 Å². The van der Waals surface area contributed by atoms with Crippen molar-refractivity contribution >= 4 is 18.1 Å². The average molecular weight is 164 g/mol. The van der Waals surface area contributed by atoms with Crippen LogP contribution in [0.15, 0.2) is 23.2 Å². The van der Waals surface area contributed by atoms with E-state index in [-0.39, 0.29) is 6.61 Å². The summed E-state index contributed by atoms with van der Waals surface area (Å²) in [7, 11) is 1.81. The van der Waals surface area contributed by atoms with Crippen molar-refractivity contribution < 1.29 is 5.11 Å². The summed E-state index contributed by atoms with van der Waals surface area (Å²) in [6.45, 7) is 3.49. The fraction of sp³-hybridized carbons (Fsp3) is 0.222. The summed E-state index contributed by atoms with van der Waals surface area (Å²) < 4.78 is 0. The number of rotatable bonds is 3. The van der Waals surface area contributed by atoms with E-state index in [1.165, 1.54) is 0 Å². The van der Waals surface area contributed by atoms with Crippen LogP contribution in [0.4, 0.5) is 11.4 Å². The van der Waals surface area contributed by atoms with Crippen molar-refractivity contribution in [2.24, 2.45) is 4.99 Å². The molecule has 0 amide bonds. The molecule has 0 aliphatic heterocycles. The van der Waals surface area contributed by atoms with Crippen LogP contribution >= 0.6 is 0 Å². The van der Waals surface area contributed by atoms with E-state index in [0.29, 0.717) is 0 Å². The molecule has 0 aliphatic rings. The van der Waals surface area contributed by atoms with E-state index in [1.54, 1.807) is 0 Å². The summed E-state index contributed by atoms with van der Waals surface area (Å²) in [6, 6.07) is 5.50. The number of hydrogen-bond donors (Lipinski definition) is 2. The van der Waals surface area contributed by atoms with Crippen molar-refractivity contribution in [3.05, 3.63) is 23.8 Å². The monoisotopic (exact) mass is 164 g/mol. The lowest BCUT2D eigenvalue weighted by atomic mass is 10.2. The molecule has 0 aliphatic carbocycles. The van der Waals surface area contributed by atoms with Gasteiger partial charge in [-0.05, 0) is 24.4 Å². The van der Waals surface area contributed by atoms with E-state index >= 15 is 0 Å². The van der Waals surface area contributed by atoms with Gasteiger partial charge in [0.15, 0.2) is 0 Å². The number of anilines is 1. The SMILES string of the molecule is C=Nc1ccc(CO)cc1NC. The maximum absolute atomic E-state index is 8.85. The fourth-order valence-electron chi connectivity index (χ4n) is 1.02. The minimum absolute atomic E-state index is 0.0477. The maximum Gasteiger partial charge on any atom is 0.0853 e. The highest BCUT2D eigenvalue weighted by atomic mass is 16.3. The first-order valence-electron chi connectivity index (χ1n) is 3.70. The van der Waals surface area contributed by atoms with Crippen LogP contribution in [0, 0.1) is 0 Å². The summed E-state index contributed by atoms with van der Waals surface area (Å²) in [5.41, 5.74) is 2.55. The van der Waals surface area contributed by atoms with Gasteiger partial charge in [-0.3, -0.25) is 4.99 Å². The molecule has 0 spiro atoms. The summed E-state index contributed by atoms with van der Waals surface area (Å²) in [6.07, 6.45) is 0. The van der Waals surface area contributed by atoms with Gasteiger partial charge in [-0.15, -0.1) is 0 Å². The molecule has 0 atom stereocenters. The zero-order chi connectivity index (χ0) is 8.97. The van der Waals surface area contributed by atoms with Crippen molar-refractivity contribution in [1.29, 1.82) is 0 Å². The summed E-state index contributed by atoms with van der Waals surface area (Å²) in [4.78, 5) is 3.82. The number of hydrogen-bond acceptors (Lipinski definition) is 3. The van der Waals surface area contributed by atoms with Crippen LogP contribution in [0.3, 0.4) is 0 Å². The molecular weight excluding hydrogens is 152 g/mol. The van der Waals surface area contributed by atoms with Gasteiger partial charge >= 0.3 is 0 Å². The third-order valence-electron chi connectivity index (χ3n) is 1.68. The van der Waals surface area contributed by atoms with Crippen LogP contribution in [-0.2, 0) is 6.61 Å². The van der Waals surface area contributed by atoms with Crippen LogP contribution < -0.4 is 5.32 Å². The smallest absolute Gasteiger partial charge is 0.0853 e. The first kappa shape index (κ1) is 8.74. The Morgan fingerprint density at radius 1 is 1.58 bits per heavy atom. The number of aliphatic hydroxyl groups excluding tert-OH is 1. The van der Waals surface area contributed by atoms with E-state index in [2.05, 4.69) is 17.0 Å². The first-order chi connectivity index (χ1) is 5.81. The van der Waals surface area contributed by atoms with Gasteiger partial charge in [0.05, 0.1) is 18.0 Å². The van der Waals surface area contributed by atoms with Gasteiger partial charge in [0.2, 0.25) is 0 Å². The minimum Gasteiger partial charge on any atom is -0.392 e. The predicted molar refractivity (Wildman–Crippen MR) is 51.1 cm³/mol. The van der Waals surface area contributed by atoms with Crippen molar-refractivity contribution in [3.63, 3.8) is 0 Å². The average Bonchev–Trinajstić information content (AvgIpc) is 2.16. The topological polar surface area (TPSA) is 44.6 Å². The Balaban J connectivity index is 3.10. The summed E-state index contributed by atoms with van der Waals surface area (Å²) in [5, 5.41) is 11.8. The van der Waals surface area contributed by atoms with Crippen LogP contribution in [0.1, 0.15) is 5.56 Å². The Morgan fingerprint density at radius 2 is 2.33 bits per heavy atom. The van der Waals surface area contributed by atoms with Crippen molar-refractivity contribution in [2.45, 2.75) is 6.61 Å². The largest absolute Gasteiger partial charge is 0.392 e. The van der Waals surface area contributed by atoms with Gasteiger partial charge < -0.3 is 10.4 Å². The lowest BCUT2D eigenvalue weighted by molar-refractivity contribution is 0.282. The zero-order valence-corrected chi connectivity index (χ0v) is 7.04. The molecule has 0 heterocycles. The van der Waals surface area contributed by atoms with E-state index in [0.717, 1.165) is 16.9 Å². The Kier molecular flexibility index (Phi) is 2.82. The molecule has 1 aromatic carbocycles. The number of benzene rings is 1. The predicted octanol–water partition coefficient (Wildman–Crippen LogP) is 1.55. The van der Waals surface area contributed by atoms with Crippen LogP contribution in [0.25, 0.3) is 0 Å². The standard InChI is InChI=1S/C9H12N2O/c1-10-8-4-3-7(6-12)5-9(8)11-2/h3-5,11-12H,1,6H2,2H3. The Hall–Kier alpha value is -1.35. The van der Waals surface area contributed by atoms with Gasteiger partial charge in [-0.1, -0.05) is 6.07 Å². The molecule has 0 fully saturated rings. The number of aliphatic imine (C=N–C) groups is 1. The maximum atomic E-state index is 8.85. The van der Waals surface area contributed by atoms with Gasteiger partial charge in [-0.25, -0.2) is 0 Å². The Morgan fingerprint density at radius 3 is 2.83 bits per heavy atom. The molecule has 0 unspecified atom stereocenters. The highest BCUT2D eigenvalue weighted by Gasteiger charge is 1.98. The highest BCUT2D eigenvalue weighted by Crippen LogP contribution is 2.24.